The Hall–Kier alpha value is -1.62. The zero-order chi connectivity index (χ0) is 13.2. The molecular weight excluding hydrogens is 240 g/mol. The highest BCUT2D eigenvalue weighted by molar-refractivity contribution is 5.97. The minimum atomic E-state index is -0.422. The van der Waals surface area contributed by atoms with Gasteiger partial charge in [-0.25, -0.2) is 4.98 Å². The number of hydrogen-bond acceptors (Lipinski definition) is 4. The number of anilines is 1. The van der Waals surface area contributed by atoms with E-state index < -0.39 is 5.91 Å². The van der Waals surface area contributed by atoms with Gasteiger partial charge < -0.3 is 11.1 Å². The van der Waals surface area contributed by atoms with Crippen molar-refractivity contribution in [2.24, 2.45) is 5.73 Å². The maximum Gasteiger partial charge on any atom is 0.252 e. The van der Waals surface area contributed by atoms with Crippen LogP contribution in [0.15, 0.2) is 18.3 Å². The third-order valence-corrected chi connectivity index (χ3v) is 4.25. The minimum Gasteiger partial charge on any atom is -0.365 e. The summed E-state index contributed by atoms with van der Waals surface area (Å²) in [7, 11) is 0. The number of carbonyl (C=O) groups excluding carboxylic acids is 1. The molecule has 0 bridgehead atoms. The number of piperidine rings is 1. The molecule has 0 aliphatic carbocycles. The number of carbonyl (C=O) groups is 1. The largest absolute Gasteiger partial charge is 0.365 e. The van der Waals surface area contributed by atoms with Gasteiger partial charge >= 0.3 is 0 Å². The molecule has 2 aliphatic rings. The summed E-state index contributed by atoms with van der Waals surface area (Å²) in [5.41, 5.74) is 5.87. The smallest absolute Gasteiger partial charge is 0.252 e. The second kappa shape index (κ2) is 5.17. The number of nitrogens with one attached hydrogen (secondary N) is 1. The van der Waals surface area contributed by atoms with E-state index in [4.69, 9.17) is 5.73 Å². The molecule has 2 atom stereocenters. The van der Waals surface area contributed by atoms with Gasteiger partial charge in [-0.3, -0.25) is 9.69 Å². The van der Waals surface area contributed by atoms with Crippen molar-refractivity contribution in [3.63, 3.8) is 0 Å². The third kappa shape index (κ3) is 2.42. The normalized spacial score (nSPS) is 26.9. The maximum absolute atomic E-state index is 11.4. The fourth-order valence-electron chi connectivity index (χ4n) is 3.31. The Labute approximate surface area is 113 Å². The Morgan fingerprint density at radius 1 is 1.37 bits per heavy atom. The molecule has 3 rings (SSSR count). The van der Waals surface area contributed by atoms with Crippen molar-refractivity contribution in [3.8, 4) is 0 Å². The van der Waals surface area contributed by atoms with E-state index in [1.165, 1.54) is 25.8 Å². The summed E-state index contributed by atoms with van der Waals surface area (Å²) < 4.78 is 0. The molecule has 0 radical (unpaired) electrons. The number of aromatic nitrogens is 1. The van der Waals surface area contributed by atoms with Crippen LogP contribution in [0.1, 0.15) is 36.0 Å². The maximum atomic E-state index is 11.4. The van der Waals surface area contributed by atoms with Crippen molar-refractivity contribution in [2.75, 3.05) is 18.4 Å². The number of nitrogens with two attached hydrogens (primary N) is 1. The van der Waals surface area contributed by atoms with Gasteiger partial charge in [0.2, 0.25) is 0 Å². The Kier molecular flexibility index (Phi) is 3.38. The first kappa shape index (κ1) is 12.4. The molecule has 0 spiro atoms. The second-order valence-corrected chi connectivity index (χ2v) is 5.40. The van der Waals surface area contributed by atoms with Crippen LogP contribution in [0.3, 0.4) is 0 Å². The van der Waals surface area contributed by atoms with Gasteiger partial charge in [-0.1, -0.05) is 6.42 Å². The summed E-state index contributed by atoms with van der Waals surface area (Å²) in [5.74, 6) is 0.210. The fourth-order valence-corrected chi connectivity index (χ4v) is 3.31. The Bertz CT molecular complexity index is 476. The van der Waals surface area contributed by atoms with Crippen molar-refractivity contribution in [3.05, 3.63) is 23.9 Å². The number of amides is 1. The van der Waals surface area contributed by atoms with E-state index in [1.807, 2.05) is 0 Å². The molecule has 5 nitrogen and oxygen atoms in total. The summed E-state index contributed by atoms with van der Waals surface area (Å²) >= 11 is 0. The lowest BCUT2D eigenvalue weighted by Gasteiger charge is -2.32. The minimum absolute atomic E-state index is 0.383. The molecule has 2 unspecified atom stereocenters. The Morgan fingerprint density at radius 3 is 3.11 bits per heavy atom. The molecule has 2 aliphatic heterocycles. The van der Waals surface area contributed by atoms with Crippen molar-refractivity contribution in [1.82, 2.24) is 9.88 Å². The number of nitrogens with zero attached hydrogens (tertiary/aromatic N) is 2. The zero-order valence-electron chi connectivity index (χ0n) is 11.0. The zero-order valence-corrected chi connectivity index (χ0v) is 11.0. The van der Waals surface area contributed by atoms with Gasteiger partial charge in [-0.2, -0.15) is 0 Å². The molecule has 1 aromatic heterocycles. The SMILES string of the molecule is NC(=O)c1cccnc1NC1CCN2CCCCC12. The molecule has 2 fully saturated rings. The van der Waals surface area contributed by atoms with E-state index in [1.54, 1.807) is 18.3 Å². The fraction of sp³-hybridized carbons (Fsp3) is 0.571. The van der Waals surface area contributed by atoms with E-state index in [9.17, 15) is 4.79 Å². The highest BCUT2D eigenvalue weighted by atomic mass is 16.1. The van der Waals surface area contributed by atoms with Crippen LogP contribution in [-0.2, 0) is 0 Å². The number of hydrogen-bond donors (Lipinski definition) is 2. The molecule has 102 valence electrons. The quantitative estimate of drug-likeness (QED) is 0.857. The van der Waals surface area contributed by atoms with Crippen molar-refractivity contribution in [2.45, 2.75) is 37.8 Å². The number of pyridine rings is 1. The number of rotatable bonds is 3. The second-order valence-electron chi connectivity index (χ2n) is 5.40. The monoisotopic (exact) mass is 260 g/mol. The Morgan fingerprint density at radius 2 is 2.26 bits per heavy atom. The first-order chi connectivity index (χ1) is 9.25. The molecule has 2 saturated heterocycles. The predicted octanol–water partition coefficient (Wildman–Crippen LogP) is 1.22. The summed E-state index contributed by atoms with van der Waals surface area (Å²) in [6, 6.07) is 4.43. The molecule has 3 heterocycles. The highest BCUT2D eigenvalue weighted by Crippen LogP contribution is 2.29. The number of primary amides is 1. The molecule has 5 heteroatoms. The third-order valence-electron chi connectivity index (χ3n) is 4.25. The predicted molar refractivity (Wildman–Crippen MR) is 74.0 cm³/mol. The first-order valence-electron chi connectivity index (χ1n) is 7.01. The molecule has 0 saturated carbocycles. The summed E-state index contributed by atoms with van der Waals surface area (Å²) in [6.07, 6.45) is 6.64. The van der Waals surface area contributed by atoms with Crippen molar-refractivity contribution in [1.29, 1.82) is 0 Å². The first-order valence-corrected chi connectivity index (χ1v) is 7.01. The van der Waals surface area contributed by atoms with Crippen molar-refractivity contribution < 1.29 is 4.79 Å². The summed E-state index contributed by atoms with van der Waals surface area (Å²) in [6.45, 7) is 2.34. The van der Waals surface area contributed by atoms with Gasteiger partial charge in [0.25, 0.3) is 5.91 Å². The molecule has 3 N–H and O–H groups in total. The van der Waals surface area contributed by atoms with E-state index in [-0.39, 0.29) is 0 Å². The van der Waals surface area contributed by atoms with E-state index in [0.717, 1.165) is 13.0 Å². The van der Waals surface area contributed by atoms with Crippen LogP contribution in [0.5, 0.6) is 0 Å². The van der Waals surface area contributed by atoms with Crippen LogP contribution in [0.4, 0.5) is 5.82 Å². The summed E-state index contributed by atoms with van der Waals surface area (Å²) in [5, 5.41) is 3.44. The van der Waals surface area contributed by atoms with E-state index in [2.05, 4.69) is 15.2 Å². The average molecular weight is 260 g/mol. The van der Waals surface area contributed by atoms with Crippen molar-refractivity contribution >= 4 is 11.7 Å². The highest BCUT2D eigenvalue weighted by Gasteiger charge is 2.35. The standard InChI is InChI=1S/C14H20N4O/c15-13(19)10-4-3-7-16-14(10)17-11-6-9-18-8-2-1-5-12(11)18/h3-4,7,11-12H,1-2,5-6,8-9H2,(H2,15,19)(H,16,17). The van der Waals surface area contributed by atoms with Crippen LogP contribution in [0.25, 0.3) is 0 Å². The summed E-state index contributed by atoms with van der Waals surface area (Å²) in [4.78, 5) is 18.2. The molecular formula is C14H20N4O. The molecule has 0 aromatic carbocycles. The van der Waals surface area contributed by atoms with Crippen LogP contribution < -0.4 is 11.1 Å². The lowest BCUT2D eigenvalue weighted by Crippen LogP contribution is -2.42. The Balaban J connectivity index is 1.76. The van der Waals surface area contributed by atoms with Crippen LogP contribution in [0, 0.1) is 0 Å². The van der Waals surface area contributed by atoms with Gasteiger partial charge in [-0.15, -0.1) is 0 Å². The lowest BCUT2D eigenvalue weighted by atomic mass is 9.99. The van der Waals surface area contributed by atoms with Gasteiger partial charge in [0.05, 0.1) is 5.56 Å². The molecule has 1 amide bonds. The van der Waals surface area contributed by atoms with Gasteiger partial charge in [0.15, 0.2) is 0 Å². The van der Waals surface area contributed by atoms with Gasteiger partial charge in [-0.05, 0) is 37.9 Å². The van der Waals surface area contributed by atoms with Crippen LogP contribution in [-0.4, -0.2) is 41.0 Å². The number of fused-ring (bicyclic) bond motifs is 1. The molecule has 19 heavy (non-hydrogen) atoms. The van der Waals surface area contributed by atoms with Crippen LogP contribution in [0.2, 0.25) is 0 Å². The van der Waals surface area contributed by atoms with Gasteiger partial charge in [0, 0.05) is 24.8 Å². The van der Waals surface area contributed by atoms with E-state index in [0.29, 0.717) is 23.5 Å². The van der Waals surface area contributed by atoms with E-state index >= 15 is 0 Å². The van der Waals surface area contributed by atoms with Crippen LogP contribution >= 0.6 is 0 Å². The van der Waals surface area contributed by atoms with Gasteiger partial charge in [0.1, 0.15) is 5.82 Å². The molecule has 1 aromatic rings. The topological polar surface area (TPSA) is 71.2 Å². The average Bonchev–Trinajstić information content (AvgIpc) is 2.83. The lowest BCUT2D eigenvalue weighted by molar-refractivity contribution is 0.100.